The molecule has 2 amide bonds. The van der Waals surface area contributed by atoms with Gasteiger partial charge < -0.3 is 15.2 Å². The van der Waals surface area contributed by atoms with Crippen molar-refractivity contribution in [2.75, 3.05) is 7.11 Å². The summed E-state index contributed by atoms with van der Waals surface area (Å²) in [5, 5.41) is 13.3. The highest BCUT2D eigenvalue weighted by atomic mass is 35.5. The van der Waals surface area contributed by atoms with Gasteiger partial charge in [-0.25, -0.2) is 9.59 Å². The molecule has 4 rings (SSSR count). The molecule has 0 aromatic heterocycles. The zero-order chi connectivity index (χ0) is 24.9. The van der Waals surface area contributed by atoms with Gasteiger partial charge in [0.15, 0.2) is 0 Å². The second-order valence-corrected chi connectivity index (χ2v) is 11.7. The summed E-state index contributed by atoms with van der Waals surface area (Å²) in [6.07, 6.45) is 8.11. The molecule has 1 aliphatic heterocycles. The molecule has 184 valence electrons. The van der Waals surface area contributed by atoms with Crippen molar-refractivity contribution in [3.63, 3.8) is 0 Å². The molecule has 2 N–H and O–H groups in total. The molecule has 2 unspecified atom stereocenters. The fourth-order valence-corrected chi connectivity index (χ4v) is 5.63. The summed E-state index contributed by atoms with van der Waals surface area (Å²) in [5.74, 6) is -0.935. The highest BCUT2D eigenvalue weighted by molar-refractivity contribution is 6.31. The predicted molar refractivity (Wildman–Crippen MR) is 133 cm³/mol. The van der Waals surface area contributed by atoms with Gasteiger partial charge in [-0.1, -0.05) is 44.5 Å². The third kappa shape index (κ3) is 4.50. The molecule has 1 aromatic rings. The van der Waals surface area contributed by atoms with E-state index in [0.717, 1.165) is 41.0 Å². The van der Waals surface area contributed by atoms with Crippen molar-refractivity contribution in [2.24, 2.45) is 5.41 Å². The fourth-order valence-electron chi connectivity index (χ4n) is 5.35. The number of aryl methyl sites for hydroxylation is 1. The lowest BCUT2D eigenvalue weighted by Gasteiger charge is -2.52. The van der Waals surface area contributed by atoms with E-state index in [0.29, 0.717) is 24.8 Å². The second-order valence-electron chi connectivity index (χ2n) is 11.3. The number of aliphatic carboxylic acids is 1. The van der Waals surface area contributed by atoms with E-state index in [-0.39, 0.29) is 17.6 Å². The van der Waals surface area contributed by atoms with Gasteiger partial charge in [-0.15, -0.1) is 0 Å². The van der Waals surface area contributed by atoms with E-state index in [4.69, 9.17) is 16.3 Å². The highest BCUT2D eigenvalue weighted by Gasteiger charge is 2.51. The molecule has 1 fully saturated rings. The maximum atomic E-state index is 13.4. The van der Waals surface area contributed by atoms with Gasteiger partial charge in [0.1, 0.15) is 0 Å². The topological polar surface area (TPSA) is 78.9 Å². The highest BCUT2D eigenvalue weighted by Crippen LogP contribution is 2.48. The van der Waals surface area contributed by atoms with Crippen molar-refractivity contribution in [2.45, 2.75) is 83.4 Å². The molecule has 34 heavy (non-hydrogen) atoms. The molecule has 6 nitrogen and oxygen atoms in total. The van der Waals surface area contributed by atoms with Crippen molar-refractivity contribution in [3.8, 4) is 0 Å². The summed E-state index contributed by atoms with van der Waals surface area (Å²) in [5.41, 5.74) is 2.40. The lowest BCUT2D eigenvalue weighted by Crippen LogP contribution is -2.63. The van der Waals surface area contributed by atoms with Gasteiger partial charge >= 0.3 is 12.0 Å². The number of carbonyl (C=O) groups excluding carboxylic acids is 1. The number of carboxylic acid groups (broad SMARTS) is 1. The van der Waals surface area contributed by atoms with Crippen LogP contribution in [0.25, 0.3) is 0 Å². The van der Waals surface area contributed by atoms with Crippen molar-refractivity contribution < 1.29 is 19.4 Å². The van der Waals surface area contributed by atoms with Crippen LogP contribution < -0.4 is 5.32 Å². The monoisotopic (exact) mass is 486 g/mol. The molecular weight excluding hydrogens is 452 g/mol. The summed E-state index contributed by atoms with van der Waals surface area (Å²) in [6.45, 7) is 8.56. The van der Waals surface area contributed by atoms with Gasteiger partial charge in [-0.2, -0.15) is 0 Å². The van der Waals surface area contributed by atoms with E-state index in [1.807, 2.05) is 19.2 Å². The van der Waals surface area contributed by atoms with Crippen molar-refractivity contribution in [1.82, 2.24) is 10.2 Å². The van der Waals surface area contributed by atoms with E-state index >= 15 is 0 Å². The summed E-state index contributed by atoms with van der Waals surface area (Å²) in [4.78, 5) is 26.3. The molecule has 1 heterocycles. The molecule has 3 aliphatic rings. The zero-order valence-electron chi connectivity index (χ0n) is 20.7. The number of halogens is 1. The molecular formula is C27H35ClN2O4. The van der Waals surface area contributed by atoms with Gasteiger partial charge in [0.25, 0.3) is 0 Å². The number of rotatable bonds is 6. The Morgan fingerprint density at radius 1 is 1.35 bits per heavy atom. The smallest absolute Gasteiger partial charge is 0.331 e. The molecule has 1 saturated carbocycles. The first kappa shape index (κ1) is 24.8. The second kappa shape index (κ2) is 8.72. The largest absolute Gasteiger partial charge is 0.478 e. The lowest BCUT2D eigenvalue weighted by molar-refractivity contribution is -0.133. The first-order valence-corrected chi connectivity index (χ1v) is 12.3. The van der Waals surface area contributed by atoms with E-state index in [1.165, 1.54) is 0 Å². The first-order chi connectivity index (χ1) is 15.9. The minimum absolute atomic E-state index is 0.0667. The SMILES string of the molecule is COC1CC[C@@]2(c3ccc(CCC(C)(C)C)c(Cl)c3)NC(=O)N(C3(C)C=C(C(=O)O)C3)C=C2C1. The van der Waals surface area contributed by atoms with Crippen LogP contribution in [0, 0.1) is 5.41 Å². The number of methoxy groups -OCH3 is 1. The van der Waals surface area contributed by atoms with Gasteiger partial charge in [-0.3, -0.25) is 4.90 Å². The number of carbonyl (C=O) groups is 2. The van der Waals surface area contributed by atoms with Gasteiger partial charge in [-0.05, 0) is 73.3 Å². The van der Waals surface area contributed by atoms with Crippen LogP contribution in [0.5, 0.6) is 0 Å². The van der Waals surface area contributed by atoms with E-state index in [9.17, 15) is 14.7 Å². The zero-order valence-corrected chi connectivity index (χ0v) is 21.5. The van der Waals surface area contributed by atoms with Gasteiger partial charge in [0, 0.05) is 30.3 Å². The maximum Gasteiger partial charge on any atom is 0.331 e. The molecule has 2 aliphatic carbocycles. The van der Waals surface area contributed by atoms with Crippen LogP contribution in [0.3, 0.4) is 0 Å². The number of urea groups is 1. The van der Waals surface area contributed by atoms with E-state index in [1.54, 1.807) is 18.1 Å². The molecule has 3 atom stereocenters. The molecule has 0 radical (unpaired) electrons. The number of carboxylic acids is 1. The van der Waals surface area contributed by atoms with Crippen LogP contribution in [-0.2, 0) is 21.5 Å². The molecule has 7 heteroatoms. The normalized spacial score (nSPS) is 28.9. The summed E-state index contributed by atoms with van der Waals surface area (Å²) in [6, 6.07) is 5.96. The van der Waals surface area contributed by atoms with Crippen molar-refractivity contribution in [1.29, 1.82) is 0 Å². The Labute approximate surface area is 207 Å². The van der Waals surface area contributed by atoms with E-state index in [2.05, 4.69) is 38.2 Å². The lowest BCUT2D eigenvalue weighted by atomic mass is 9.70. The first-order valence-electron chi connectivity index (χ1n) is 12.0. The predicted octanol–water partition coefficient (Wildman–Crippen LogP) is 5.80. The Morgan fingerprint density at radius 2 is 2.06 bits per heavy atom. The molecule has 0 saturated heterocycles. The standard InChI is InChI=1S/C27H35ClN2O4/c1-25(2,3)10-8-17-6-7-19(13-22(17)28)27-11-9-21(34-5)12-20(27)16-30(24(33)29-27)26(4)14-18(15-26)23(31)32/h6-7,13-14,16,21H,8-12,15H2,1-5H3,(H,29,33)(H,31,32)/t21?,26?,27-/m0/s1. The van der Waals surface area contributed by atoms with Crippen LogP contribution in [0.2, 0.25) is 5.02 Å². The third-order valence-electron chi connectivity index (χ3n) is 7.54. The number of fused-ring (bicyclic) bond motifs is 1. The minimum atomic E-state index is -0.935. The van der Waals surface area contributed by atoms with E-state index < -0.39 is 17.0 Å². The Balaban J connectivity index is 1.69. The summed E-state index contributed by atoms with van der Waals surface area (Å²) < 4.78 is 5.68. The number of hydrogen-bond acceptors (Lipinski definition) is 3. The Bertz CT molecular complexity index is 1070. The van der Waals surface area contributed by atoms with Gasteiger partial charge in [0.05, 0.1) is 17.2 Å². The Hall–Kier alpha value is -2.31. The average Bonchev–Trinajstić information content (AvgIpc) is 2.74. The Kier molecular flexibility index (Phi) is 6.36. The van der Waals surface area contributed by atoms with Crippen molar-refractivity contribution in [3.05, 3.63) is 57.8 Å². The summed E-state index contributed by atoms with van der Waals surface area (Å²) in [7, 11) is 1.72. The van der Waals surface area contributed by atoms with Crippen LogP contribution in [0.1, 0.15) is 70.9 Å². The molecule has 0 bridgehead atoms. The van der Waals surface area contributed by atoms with Crippen LogP contribution in [0.15, 0.2) is 41.6 Å². The number of nitrogens with zero attached hydrogens (tertiary/aromatic N) is 1. The number of ether oxygens (including phenoxy) is 1. The Morgan fingerprint density at radius 3 is 2.65 bits per heavy atom. The van der Waals surface area contributed by atoms with Gasteiger partial charge in [0.2, 0.25) is 0 Å². The quantitative estimate of drug-likeness (QED) is 0.533. The third-order valence-corrected chi connectivity index (χ3v) is 7.90. The van der Waals surface area contributed by atoms with Crippen molar-refractivity contribution >= 4 is 23.6 Å². The van der Waals surface area contributed by atoms with Crippen LogP contribution in [0.4, 0.5) is 4.79 Å². The molecule has 1 aromatic carbocycles. The average molecular weight is 487 g/mol. The molecule has 0 spiro atoms. The number of hydrogen-bond donors (Lipinski definition) is 2. The number of nitrogens with one attached hydrogen (secondary N) is 1. The minimum Gasteiger partial charge on any atom is -0.478 e. The fraction of sp³-hybridized carbons (Fsp3) is 0.556. The number of benzene rings is 1. The number of amides is 2. The summed E-state index contributed by atoms with van der Waals surface area (Å²) >= 11 is 6.75. The maximum absolute atomic E-state index is 13.4. The van der Waals surface area contributed by atoms with Crippen LogP contribution >= 0.6 is 11.6 Å². The van der Waals surface area contributed by atoms with Crippen LogP contribution in [-0.4, -0.2) is 40.8 Å².